The van der Waals surface area contributed by atoms with Gasteiger partial charge in [-0.1, -0.05) is 45.1 Å². The summed E-state index contributed by atoms with van der Waals surface area (Å²) in [4.78, 5) is 11.6. The Balaban J connectivity index is 2.10. The Morgan fingerprint density at radius 3 is 2.74 bits per heavy atom. The molecule has 1 N–H and O–H groups in total. The van der Waals surface area contributed by atoms with Gasteiger partial charge in [0.2, 0.25) is 0 Å². The SMILES string of the molecule is CCCCCCCCOC(=O)Cc1c[c]ccc1O. The van der Waals surface area contributed by atoms with Gasteiger partial charge in [0.15, 0.2) is 0 Å². The molecule has 0 aromatic heterocycles. The summed E-state index contributed by atoms with van der Waals surface area (Å²) < 4.78 is 5.14. The molecule has 1 radical (unpaired) electrons. The highest BCUT2D eigenvalue weighted by Crippen LogP contribution is 2.16. The molecule has 0 atom stereocenters. The van der Waals surface area contributed by atoms with Crippen LogP contribution >= 0.6 is 0 Å². The van der Waals surface area contributed by atoms with Crippen molar-refractivity contribution in [1.82, 2.24) is 0 Å². The summed E-state index contributed by atoms with van der Waals surface area (Å²) in [6, 6.07) is 7.58. The molecule has 0 bridgehead atoms. The van der Waals surface area contributed by atoms with E-state index in [1.165, 1.54) is 31.7 Å². The first-order chi connectivity index (χ1) is 9.24. The third kappa shape index (κ3) is 6.85. The summed E-state index contributed by atoms with van der Waals surface area (Å²) in [5, 5.41) is 9.52. The third-order valence-corrected chi connectivity index (χ3v) is 3.02. The van der Waals surface area contributed by atoms with Crippen LogP contribution in [0.15, 0.2) is 18.2 Å². The smallest absolute Gasteiger partial charge is 0.310 e. The Morgan fingerprint density at radius 1 is 1.26 bits per heavy atom. The zero-order chi connectivity index (χ0) is 13.9. The van der Waals surface area contributed by atoms with Gasteiger partial charge in [-0.2, -0.15) is 0 Å². The first kappa shape index (κ1) is 15.5. The molecule has 0 aliphatic heterocycles. The number of unbranched alkanes of at least 4 members (excludes halogenated alkanes) is 5. The number of esters is 1. The maximum Gasteiger partial charge on any atom is 0.310 e. The minimum absolute atomic E-state index is 0.110. The molecule has 3 heteroatoms. The maximum atomic E-state index is 11.6. The number of hydrogen-bond acceptors (Lipinski definition) is 3. The van der Waals surface area contributed by atoms with Gasteiger partial charge < -0.3 is 9.84 Å². The summed E-state index contributed by atoms with van der Waals surface area (Å²) in [6.45, 7) is 2.67. The van der Waals surface area contributed by atoms with Crippen LogP contribution in [0, 0.1) is 6.07 Å². The molecule has 1 rings (SSSR count). The molecule has 1 aromatic rings. The molecule has 0 spiro atoms. The molecule has 0 saturated heterocycles. The van der Waals surface area contributed by atoms with Gasteiger partial charge in [0.1, 0.15) is 5.75 Å². The van der Waals surface area contributed by atoms with E-state index in [1.54, 1.807) is 12.1 Å². The van der Waals surface area contributed by atoms with E-state index in [9.17, 15) is 9.90 Å². The largest absolute Gasteiger partial charge is 0.508 e. The monoisotopic (exact) mass is 263 g/mol. The van der Waals surface area contributed by atoms with Gasteiger partial charge >= 0.3 is 5.97 Å². The molecule has 0 heterocycles. The minimum Gasteiger partial charge on any atom is -0.508 e. The second-order valence-corrected chi connectivity index (χ2v) is 4.72. The van der Waals surface area contributed by atoms with Crippen LogP contribution in [0.25, 0.3) is 0 Å². The van der Waals surface area contributed by atoms with Gasteiger partial charge in [-0.15, -0.1) is 0 Å². The number of rotatable bonds is 9. The van der Waals surface area contributed by atoms with Crippen LogP contribution in [0.3, 0.4) is 0 Å². The number of carbonyl (C=O) groups is 1. The molecule has 19 heavy (non-hydrogen) atoms. The Morgan fingerprint density at radius 2 is 2.00 bits per heavy atom. The lowest BCUT2D eigenvalue weighted by molar-refractivity contribution is -0.143. The van der Waals surface area contributed by atoms with E-state index in [0.29, 0.717) is 12.2 Å². The number of carbonyl (C=O) groups excluding carboxylic acids is 1. The molecular formula is C16H23O3. The van der Waals surface area contributed by atoms with Crippen LogP contribution in [0.4, 0.5) is 0 Å². The lowest BCUT2D eigenvalue weighted by Crippen LogP contribution is -2.09. The van der Waals surface area contributed by atoms with Crippen molar-refractivity contribution in [2.75, 3.05) is 6.61 Å². The van der Waals surface area contributed by atoms with Crippen LogP contribution in [-0.2, 0) is 16.0 Å². The average molecular weight is 263 g/mol. The fraction of sp³-hybridized carbons (Fsp3) is 0.562. The van der Waals surface area contributed by atoms with Crippen molar-refractivity contribution < 1.29 is 14.6 Å². The average Bonchev–Trinajstić information content (AvgIpc) is 2.40. The molecular weight excluding hydrogens is 240 g/mol. The lowest BCUT2D eigenvalue weighted by atomic mass is 10.1. The Kier molecular flexibility index (Phi) is 7.71. The van der Waals surface area contributed by atoms with Crippen molar-refractivity contribution in [3.63, 3.8) is 0 Å². The second-order valence-electron chi connectivity index (χ2n) is 4.72. The number of phenolic OH excluding ortho intramolecular Hbond substituents is 1. The highest BCUT2D eigenvalue weighted by Gasteiger charge is 2.07. The van der Waals surface area contributed by atoms with Crippen molar-refractivity contribution in [3.8, 4) is 5.75 Å². The van der Waals surface area contributed by atoms with Gasteiger partial charge in [0.05, 0.1) is 13.0 Å². The quantitative estimate of drug-likeness (QED) is 0.546. The predicted octanol–water partition coefficient (Wildman–Crippen LogP) is 3.64. The molecule has 0 fully saturated rings. The van der Waals surface area contributed by atoms with Gasteiger partial charge in [-0.3, -0.25) is 4.79 Å². The Bertz CT molecular complexity index is 374. The van der Waals surface area contributed by atoms with Crippen LogP contribution in [0.2, 0.25) is 0 Å². The van der Waals surface area contributed by atoms with Crippen molar-refractivity contribution in [2.45, 2.75) is 51.9 Å². The third-order valence-electron chi connectivity index (χ3n) is 3.02. The number of benzene rings is 1. The van der Waals surface area contributed by atoms with Crippen molar-refractivity contribution >= 4 is 5.97 Å². The van der Waals surface area contributed by atoms with E-state index in [1.807, 2.05) is 0 Å². The minimum atomic E-state index is -0.288. The molecule has 0 aliphatic carbocycles. The highest BCUT2D eigenvalue weighted by atomic mass is 16.5. The standard InChI is InChI=1S/C16H23O3/c1-2-3-4-5-6-9-12-19-16(18)13-14-10-7-8-11-15(14)17/h8,10-11,17H,2-6,9,12-13H2,1H3. The van der Waals surface area contributed by atoms with Gasteiger partial charge in [-0.05, 0) is 24.6 Å². The molecule has 0 unspecified atom stereocenters. The van der Waals surface area contributed by atoms with E-state index in [2.05, 4.69) is 13.0 Å². The normalized spacial score (nSPS) is 10.4. The van der Waals surface area contributed by atoms with E-state index in [0.717, 1.165) is 12.8 Å². The Hall–Kier alpha value is -1.51. The Labute approximate surface area is 115 Å². The van der Waals surface area contributed by atoms with Gasteiger partial charge in [0, 0.05) is 5.56 Å². The van der Waals surface area contributed by atoms with Crippen molar-refractivity contribution in [2.24, 2.45) is 0 Å². The number of phenols is 1. The summed E-state index contributed by atoms with van der Waals surface area (Å²) in [7, 11) is 0. The predicted molar refractivity (Wildman–Crippen MR) is 75.0 cm³/mol. The van der Waals surface area contributed by atoms with Crippen LogP contribution in [0.1, 0.15) is 51.0 Å². The second kappa shape index (κ2) is 9.42. The molecule has 105 valence electrons. The first-order valence-electron chi connectivity index (χ1n) is 7.07. The topological polar surface area (TPSA) is 46.5 Å². The fourth-order valence-electron chi connectivity index (χ4n) is 1.87. The zero-order valence-corrected chi connectivity index (χ0v) is 11.7. The lowest BCUT2D eigenvalue weighted by Gasteiger charge is -2.06. The fourth-order valence-corrected chi connectivity index (χ4v) is 1.87. The van der Waals surface area contributed by atoms with Gasteiger partial charge in [-0.25, -0.2) is 0 Å². The van der Waals surface area contributed by atoms with Crippen LogP contribution in [0.5, 0.6) is 5.75 Å². The zero-order valence-electron chi connectivity index (χ0n) is 11.7. The maximum absolute atomic E-state index is 11.6. The number of ether oxygens (including phenoxy) is 1. The van der Waals surface area contributed by atoms with Crippen LogP contribution < -0.4 is 0 Å². The summed E-state index contributed by atoms with van der Waals surface area (Å²) in [6.07, 6.45) is 7.13. The summed E-state index contributed by atoms with van der Waals surface area (Å²) in [5.41, 5.74) is 0.565. The molecule has 0 amide bonds. The van der Waals surface area contributed by atoms with Crippen LogP contribution in [-0.4, -0.2) is 17.7 Å². The van der Waals surface area contributed by atoms with E-state index in [-0.39, 0.29) is 18.1 Å². The summed E-state index contributed by atoms with van der Waals surface area (Å²) >= 11 is 0. The van der Waals surface area contributed by atoms with E-state index < -0.39 is 0 Å². The highest BCUT2D eigenvalue weighted by molar-refractivity contribution is 5.73. The van der Waals surface area contributed by atoms with Crippen molar-refractivity contribution in [3.05, 3.63) is 29.8 Å². The first-order valence-corrected chi connectivity index (χ1v) is 7.07. The molecule has 0 aliphatic rings. The van der Waals surface area contributed by atoms with E-state index >= 15 is 0 Å². The van der Waals surface area contributed by atoms with Crippen molar-refractivity contribution in [1.29, 1.82) is 0 Å². The molecule has 1 aromatic carbocycles. The number of hydrogen-bond donors (Lipinski definition) is 1. The molecule has 3 nitrogen and oxygen atoms in total. The summed E-state index contributed by atoms with van der Waals surface area (Å²) in [5.74, 6) is -0.168. The van der Waals surface area contributed by atoms with E-state index in [4.69, 9.17) is 4.74 Å². The van der Waals surface area contributed by atoms with Gasteiger partial charge in [0.25, 0.3) is 0 Å². The molecule has 0 saturated carbocycles. The number of aromatic hydroxyl groups is 1.